The molecule has 0 radical (unpaired) electrons. The minimum atomic E-state index is -0.339. The molecule has 1 aromatic carbocycles. The molecule has 0 spiro atoms. The number of nitrogens with one attached hydrogen (secondary N) is 1. The normalized spacial score (nSPS) is 18.2. The first-order chi connectivity index (χ1) is 13.4. The maximum Gasteiger partial charge on any atom is 0.409 e. The molecular formula is C19H26N4O5. The molecule has 9 nitrogen and oxygen atoms in total. The lowest BCUT2D eigenvalue weighted by Gasteiger charge is -2.35. The summed E-state index contributed by atoms with van der Waals surface area (Å²) in [6.45, 7) is 2.15. The van der Waals surface area contributed by atoms with Crippen LogP contribution in [0.4, 0.5) is 10.5 Å². The highest BCUT2D eigenvalue weighted by molar-refractivity contribution is 5.95. The van der Waals surface area contributed by atoms with Crippen molar-refractivity contribution in [3.63, 3.8) is 0 Å². The van der Waals surface area contributed by atoms with Crippen LogP contribution in [-0.2, 0) is 9.53 Å². The zero-order valence-corrected chi connectivity index (χ0v) is 16.4. The van der Waals surface area contributed by atoms with E-state index in [0.717, 1.165) is 5.69 Å². The SMILES string of the molecule is CN(C)C(=O)c1ccc2c(c1)N(C)C(CC(=O)NCCN1CCOC1=O)CO2. The van der Waals surface area contributed by atoms with E-state index in [4.69, 9.17) is 9.47 Å². The Hall–Kier alpha value is -2.97. The van der Waals surface area contributed by atoms with Crippen molar-refractivity contribution in [2.45, 2.75) is 12.5 Å². The van der Waals surface area contributed by atoms with Crippen LogP contribution in [0.1, 0.15) is 16.8 Å². The topological polar surface area (TPSA) is 91.4 Å². The second-order valence-corrected chi connectivity index (χ2v) is 7.11. The summed E-state index contributed by atoms with van der Waals surface area (Å²) in [6, 6.07) is 5.18. The number of carbonyl (C=O) groups is 3. The van der Waals surface area contributed by atoms with E-state index in [2.05, 4.69) is 5.32 Å². The van der Waals surface area contributed by atoms with E-state index in [1.807, 2.05) is 11.9 Å². The molecule has 1 saturated heterocycles. The predicted octanol–water partition coefficient (Wildman–Crippen LogP) is 0.544. The lowest BCUT2D eigenvalue weighted by atomic mass is 10.1. The average Bonchev–Trinajstić information content (AvgIpc) is 3.08. The van der Waals surface area contributed by atoms with Gasteiger partial charge in [-0.25, -0.2) is 4.79 Å². The Morgan fingerprint density at radius 2 is 2.07 bits per heavy atom. The fourth-order valence-corrected chi connectivity index (χ4v) is 3.24. The number of likely N-dealkylation sites (N-methyl/N-ethyl adjacent to an activating group) is 1. The predicted molar refractivity (Wildman–Crippen MR) is 103 cm³/mol. The third-order valence-electron chi connectivity index (χ3n) is 4.94. The highest BCUT2D eigenvalue weighted by Gasteiger charge is 2.28. The number of ether oxygens (including phenoxy) is 2. The van der Waals surface area contributed by atoms with Gasteiger partial charge in [-0.15, -0.1) is 0 Å². The molecule has 2 heterocycles. The van der Waals surface area contributed by atoms with Gasteiger partial charge in [0.25, 0.3) is 5.91 Å². The first kappa shape index (κ1) is 19.8. The number of hydrogen-bond acceptors (Lipinski definition) is 6. The van der Waals surface area contributed by atoms with Crippen molar-refractivity contribution >= 4 is 23.6 Å². The number of amides is 3. The molecule has 2 aliphatic rings. The number of benzene rings is 1. The number of fused-ring (bicyclic) bond motifs is 1. The van der Waals surface area contributed by atoms with E-state index in [1.54, 1.807) is 37.2 Å². The molecular weight excluding hydrogens is 364 g/mol. The molecule has 1 unspecified atom stereocenters. The van der Waals surface area contributed by atoms with Crippen LogP contribution in [-0.4, -0.2) is 87.7 Å². The molecule has 0 bridgehead atoms. The molecule has 0 saturated carbocycles. The van der Waals surface area contributed by atoms with E-state index in [1.165, 1.54) is 4.90 Å². The monoisotopic (exact) mass is 390 g/mol. The van der Waals surface area contributed by atoms with Gasteiger partial charge in [0.1, 0.15) is 19.0 Å². The van der Waals surface area contributed by atoms with Crippen LogP contribution in [0, 0.1) is 0 Å². The lowest BCUT2D eigenvalue weighted by Crippen LogP contribution is -2.44. The summed E-state index contributed by atoms with van der Waals surface area (Å²) in [5, 5.41) is 2.84. The molecule has 0 aliphatic carbocycles. The first-order valence-corrected chi connectivity index (χ1v) is 9.26. The number of carbonyl (C=O) groups excluding carboxylic acids is 3. The maximum atomic E-state index is 12.3. The Bertz CT molecular complexity index is 767. The second-order valence-electron chi connectivity index (χ2n) is 7.11. The number of rotatable bonds is 6. The van der Waals surface area contributed by atoms with Crippen LogP contribution in [0.5, 0.6) is 5.75 Å². The average molecular weight is 390 g/mol. The van der Waals surface area contributed by atoms with Crippen molar-refractivity contribution in [3.05, 3.63) is 23.8 Å². The molecule has 1 aromatic rings. The zero-order chi connectivity index (χ0) is 20.3. The Balaban J connectivity index is 1.56. The molecule has 1 fully saturated rings. The fourth-order valence-electron chi connectivity index (χ4n) is 3.24. The molecule has 9 heteroatoms. The lowest BCUT2D eigenvalue weighted by molar-refractivity contribution is -0.121. The van der Waals surface area contributed by atoms with E-state index in [0.29, 0.717) is 44.2 Å². The van der Waals surface area contributed by atoms with Crippen molar-refractivity contribution in [3.8, 4) is 5.75 Å². The fraction of sp³-hybridized carbons (Fsp3) is 0.526. The minimum Gasteiger partial charge on any atom is -0.489 e. The summed E-state index contributed by atoms with van der Waals surface area (Å²) in [5.41, 5.74) is 1.36. The van der Waals surface area contributed by atoms with E-state index in [9.17, 15) is 14.4 Å². The van der Waals surface area contributed by atoms with Crippen molar-refractivity contribution < 1.29 is 23.9 Å². The summed E-state index contributed by atoms with van der Waals surface area (Å²) in [7, 11) is 5.30. The summed E-state index contributed by atoms with van der Waals surface area (Å²) in [6.07, 6.45) is -0.0824. The van der Waals surface area contributed by atoms with Crippen LogP contribution >= 0.6 is 0 Å². The van der Waals surface area contributed by atoms with Gasteiger partial charge in [0.05, 0.1) is 24.7 Å². The highest BCUT2D eigenvalue weighted by atomic mass is 16.6. The Labute approximate surface area is 164 Å². The Morgan fingerprint density at radius 3 is 2.75 bits per heavy atom. The third-order valence-corrected chi connectivity index (χ3v) is 4.94. The van der Waals surface area contributed by atoms with Crippen molar-refractivity contribution in [1.29, 1.82) is 0 Å². The Morgan fingerprint density at radius 1 is 1.29 bits per heavy atom. The molecule has 3 amide bonds. The van der Waals surface area contributed by atoms with Crippen LogP contribution < -0.4 is 15.0 Å². The van der Waals surface area contributed by atoms with Crippen molar-refractivity contribution in [1.82, 2.24) is 15.1 Å². The van der Waals surface area contributed by atoms with Gasteiger partial charge in [-0.2, -0.15) is 0 Å². The second kappa shape index (κ2) is 8.37. The standard InChI is InChI=1S/C19H26N4O5/c1-21(2)18(25)13-4-5-16-15(10-13)22(3)14(12-28-16)11-17(24)20-6-7-23-8-9-27-19(23)26/h4-5,10,14H,6-9,11-12H2,1-3H3,(H,20,24). The van der Waals surface area contributed by atoms with Gasteiger partial charge in [0.15, 0.2) is 0 Å². The molecule has 3 rings (SSSR count). The number of nitrogens with zero attached hydrogens (tertiary/aromatic N) is 3. The van der Waals surface area contributed by atoms with Crippen molar-refractivity contribution in [2.75, 3.05) is 58.9 Å². The molecule has 0 aromatic heterocycles. The molecule has 1 N–H and O–H groups in total. The van der Waals surface area contributed by atoms with Gasteiger partial charge < -0.3 is 29.5 Å². The summed E-state index contributed by atoms with van der Waals surface area (Å²) in [5.74, 6) is 0.496. The first-order valence-electron chi connectivity index (χ1n) is 9.26. The van der Waals surface area contributed by atoms with Crippen LogP contribution in [0.3, 0.4) is 0 Å². The van der Waals surface area contributed by atoms with E-state index >= 15 is 0 Å². The van der Waals surface area contributed by atoms with Crippen molar-refractivity contribution in [2.24, 2.45) is 0 Å². The quantitative estimate of drug-likeness (QED) is 0.763. The molecule has 2 aliphatic heterocycles. The minimum absolute atomic E-state index is 0.0866. The third kappa shape index (κ3) is 4.29. The molecule has 1 atom stereocenters. The van der Waals surface area contributed by atoms with Gasteiger partial charge in [0, 0.05) is 39.8 Å². The number of cyclic esters (lactones) is 1. The van der Waals surface area contributed by atoms with Gasteiger partial charge in [-0.3, -0.25) is 9.59 Å². The van der Waals surface area contributed by atoms with Crippen LogP contribution in [0.2, 0.25) is 0 Å². The van der Waals surface area contributed by atoms with Gasteiger partial charge in [0.2, 0.25) is 5.91 Å². The van der Waals surface area contributed by atoms with E-state index < -0.39 is 0 Å². The number of hydrogen-bond donors (Lipinski definition) is 1. The largest absolute Gasteiger partial charge is 0.489 e. The van der Waals surface area contributed by atoms with Gasteiger partial charge >= 0.3 is 6.09 Å². The summed E-state index contributed by atoms with van der Waals surface area (Å²) >= 11 is 0. The molecule has 152 valence electrons. The summed E-state index contributed by atoms with van der Waals surface area (Å²) < 4.78 is 10.6. The number of anilines is 1. The van der Waals surface area contributed by atoms with Gasteiger partial charge in [-0.05, 0) is 18.2 Å². The van der Waals surface area contributed by atoms with Crippen LogP contribution in [0.15, 0.2) is 18.2 Å². The molecule has 28 heavy (non-hydrogen) atoms. The van der Waals surface area contributed by atoms with Gasteiger partial charge in [-0.1, -0.05) is 0 Å². The zero-order valence-electron chi connectivity index (χ0n) is 16.4. The summed E-state index contributed by atoms with van der Waals surface area (Å²) in [4.78, 5) is 41.0. The smallest absolute Gasteiger partial charge is 0.409 e. The van der Waals surface area contributed by atoms with E-state index in [-0.39, 0.29) is 30.4 Å². The van der Waals surface area contributed by atoms with Crippen LogP contribution in [0.25, 0.3) is 0 Å². The highest BCUT2D eigenvalue weighted by Crippen LogP contribution is 2.34. The maximum absolute atomic E-state index is 12.3. The Kier molecular flexibility index (Phi) is 5.91.